The van der Waals surface area contributed by atoms with Gasteiger partial charge in [-0.15, -0.1) is 0 Å². The first kappa shape index (κ1) is 15.8. The van der Waals surface area contributed by atoms with Crippen molar-refractivity contribution >= 4 is 10.9 Å². The van der Waals surface area contributed by atoms with Gasteiger partial charge in [0.1, 0.15) is 0 Å². The first-order valence-electron chi connectivity index (χ1n) is 8.19. The molecule has 0 unspecified atom stereocenters. The molecule has 0 aliphatic heterocycles. The summed E-state index contributed by atoms with van der Waals surface area (Å²) in [5.41, 5.74) is 2.26. The fraction of sp³-hybridized carbons (Fsp3) is 0.300. The average Bonchev–Trinajstić information content (AvgIpc) is 2.98. The van der Waals surface area contributed by atoms with E-state index in [2.05, 4.69) is 60.3 Å². The molecule has 2 aromatic carbocycles. The molecule has 3 heteroatoms. The normalized spacial score (nSPS) is 14.3. The Balaban J connectivity index is 2.01. The standard InChI is InChI=1S/C20H24N2O/c1-15(2)21-14-19(23)20(17-9-4-3-5-10-17)22-13-12-16-8-6-7-11-18(16)22/h3-13,15,19-21,23H,14H2,1-2H3/t19-,20-/m0/s1. The zero-order valence-electron chi connectivity index (χ0n) is 13.7. The lowest BCUT2D eigenvalue weighted by molar-refractivity contribution is 0.127. The van der Waals surface area contributed by atoms with Gasteiger partial charge in [-0.2, -0.15) is 0 Å². The summed E-state index contributed by atoms with van der Waals surface area (Å²) in [7, 11) is 0. The van der Waals surface area contributed by atoms with Crippen LogP contribution in [-0.4, -0.2) is 28.4 Å². The lowest BCUT2D eigenvalue weighted by Gasteiger charge is -2.27. The van der Waals surface area contributed by atoms with Crippen LogP contribution in [0.1, 0.15) is 25.5 Å². The molecule has 0 saturated heterocycles. The van der Waals surface area contributed by atoms with Crippen molar-refractivity contribution in [3.63, 3.8) is 0 Å². The number of nitrogens with one attached hydrogen (secondary N) is 1. The molecule has 0 fully saturated rings. The van der Waals surface area contributed by atoms with Crippen molar-refractivity contribution in [3.8, 4) is 0 Å². The fourth-order valence-corrected chi connectivity index (χ4v) is 3.03. The van der Waals surface area contributed by atoms with E-state index in [9.17, 15) is 5.11 Å². The zero-order valence-corrected chi connectivity index (χ0v) is 13.7. The first-order chi connectivity index (χ1) is 11.2. The van der Waals surface area contributed by atoms with Gasteiger partial charge in [-0.3, -0.25) is 0 Å². The zero-order chi connectivity index (χ0) is 16.2. The van der Waals surface area contributed by atoms with Crippen LogP contribution in [0.15, 0.2) is 66.9 Å². The number of aromatic nitrogens is 1. The summed E-state index contributed by atoms with van der Waals surface area (Å²) in [6.07, 6.45) is 1.57. The maximum Gasteiger partial charge on any atom is 0.0912 e. The highest BCUT2D eigenvalue weighted by Gasteiger charge is 2.23. The highest BCUT2D eigenvalue weighted by Crippen LogP contribution is 2.27. The van der Waals surface area contributed by atoms with Gasteiger partial charge in [0.05, 0.1) is 12.1 Å². The van der Waals surface area contributed by atoms with Crippen LogP contribution in [0.3, 0.4) is 0 Å². The summed E-state index contributed by atoms with van der Waals surface area (Å²) in [6.45, 7) is 4.74. The third-order valence-corrected chi connectivity index (χ3v) is 4.17. The van der Waals surface area contributed by atoms with Crippen LogP contribution in [0.4, 0.5) is 0 Å². The number of hydrogen-bond acceptors (Lipinski definition) is 2. The van der Waals surface area contributed by atoms with Gasteiger partial charge in [0.15, 0.2) is 0 Å². The van der Waals surface area contributed by atoms with E-state index < -0.39 is 6.10 Å². The van der Waals surface area contributed by atoms with Gasteiger partial charge in [-0.1, -0.05) is 62.4 Å². The first-order valence-corrected chi connectivity index (χ1v) is 8.19. The number of aliphatic hydroxyl groups excluding tert-OH is 1. The molecule has 3 rings (SSSR count). The van der Waals surface area contributed by atoms with Gasteiger partial charge in [0.2, 0.25) is 0 Å². The molecule has 0 spiro atoms. The lowest BCUT2D eigenvalue weighted by Crippen LogP contribution is -2.37. The second kappa shape index (κ2) is 6.99. The Labute approximate surface area is 137 Å². The largest absolute Gasteiger partial charge is 0.389 e. The second-order valence-electron chi connectivity index (χ2n) is 6.27. The number of rotatable bonds is 6. The Morgan fingerprint density at radius 3 is 2.39 bits per heavy atom. The smallest absolute Gasteiger partial charge is 0.0912 e. The Morgan fingerprint density at radius 2 is 1.65 bits per heavy atom. The van der Waals surface area contributed by atoms with Crippen molar-refractivity contribution in [1.29, 1.82) is 0 Å². The molecule has 2 N–H and O–H groups in total. The molecule has 1 heterocycles. The summed E-state index contributed by atoms with van der Waals surface area (Å²) in [5, 5.41) is 15.4. The quantitative estimate of drug-likeness (QED) is 0.730. The summed E-state index contributed by atoms with van der Waals surface area (Å²) < 4.78 is 2.18. The number of fused-ring (bicyclic) bond motifs is 1. The molecule has 0 amide bonds. The van der Waals surface area contributed by atoms with Crippen molar-refractivity contribution < 1.29 is 5.11 Å². The second-order valence-corrected chi connectivity index (χ2v) is 6.27. The molecule has 0 aliphatic rings. The van der Waals surface area contributed by atoms with Crippen LogP contribution in [0.5, 0.6) is 0 Å². The monoisotopic (exact) mass is 308 g/mol. The maximum atomic E-state index is 10.9. The van der Waals surface area contributed by atoms with Crippen molar-refractivity contribution in [2.24, 2.45) is 0 Å². The molecule has 0 bridgehead atoms. The van der Waals surface area contributed by atoms with Crippen LogP contribution in [-0.2, 0) is 0 Å². The molecule has 0 saturated carbocycles. The van der Waals surface area contributed by atoms with E-state index >= 15 is 0 Å². The van der Waals surface area contributed by atoms with Crippen LogP contribution < -0.4 is 5.32 Å². The van der Waals surface area contributed by atoms with Gasteiger partial charge in [0, 0.05) is 24.3 Å². The van der Waals surface area contributed by atoms with Gasteiger partial charge >= 0.3 is 0 Å². The minimum absolute atomic E-state index is 0.109. The van der Waals surface area contributed by atoms with E-state index in [-0.39, 0.29) is 6.04 Å². The predicted molar refractivity (Wildman–Crippen MR) is 95.7 cm³/mol. The molecule has 2 atom stereocenters. The SMILES string of the molecule is CC(C)NC[C@H](O)[C@H](c1ccccc1)n1ccc2ccccc21. The molecule has 23 heavy (non-hydrogen) atoms. The number of benzene rings is 2. The molecule has 3 aromatic rings. The number of aliphatic hydroxyl groups is 1. The Kier molecular flexibility index (Phi) is 4.79. The molecular weight excluding hydrogens is 284 g/mol. The highest BCUT2D eigenvalue weighted by molar-refractivity contribution is 5.80. The average molecular weight is 308 g/mol. The van der Waals surface area contributed by atoms with E-state index in [1.54, 1.807) is 0 Å². The molecule has 0 radical (unpaired) electrons. The predicted octanol–water partition coefficient (Wildman–Crippen LogP) is 3.59. The summed E-state index contributed by atoms with van der Waals surface area (Å²) >= 11 is 0. The van der Waals surface area contributed by atoms with Crippen LogP contribution in [0.25, 0.3) is 10.9 Å². The van der Waals surface area contributed by atoms with Crippen molar-refractivity contribution in [2.45, 2.75) is 32.0 Å². The summed E-state index contributed by atoms with van der Waals surface area (Å²) in [6, 6.07) is 20.9. The van der Waals surface area contributed by atoms with E-state index in [1.807, 2.05) is 30.3 Å². The maximum absolute atomic E-state index is 10.9. The topological polar surface area (TPSA) is 37.2 Å². The van der Waals surface area contributed by atoms with E-state index in [1.165, 1.54) is 5.39 Å². The van der Waals surface area contributed by atoms with Gasteiger partial charge in [-0.25, -0.2) is 0 Å². The molecule has 1 aromatic heterocycles. The Bertz CT molecular complexity index is 748. The van der Waals surface area contributed by atoms with Crippen molar-refractivity contribution in [2.75, 3.05) is 6.54 Å². The molecule has 3 nitrogen and oxygen atoms in total. The van der Waals surface area contributed by atoms with Gasteiger partial charge < -0.3 is 15.0 Å². The Hall–Kier alpha value is -2.10. The minimum Gasteiger partial charge on any atom is -0.389 e. The van der Waals surface area contributed by atoms with Gasteiger partial charge in [-0.05, 0) is 23.1 Å². The van der Waals surface area contributed by atoms with Crippen molar-refractivity contribution in [3.05, 3.63) is 72.4 Å². The molecule has 0 aliphatic carbocycles. The van der Waals surface area contributed by atoms with E-state index in [0.717, 1.165) is 11.1 Å². The van der Waals surface area contributed by atoms with Gasteiger partial charge in [0.25, 0.3) is 0 Å². The fourth-order valence-electron chi connectivity index (χ4n) is 3.03. The molecule has 120 valence electrons. The lowest BCUT2D eigenvalue weighted by atomic mass is 10.0. The minimum atomic E-state index is -0.504. The van der Waals surface area contributed by atoms with Crippen LogP contribution in [0, 0.1) is 0 Å². The van der Waals surface area contributed by atoms with Crippen LogP contribution >= 0.6 is 0 Å². The third-order valence-electron chi connectivity index (χ3n) is 4.17. The van der Waals surface area contributed by atoms with E-state index in [4.69, 9.17) is 0 Å². The number of hydrogen-bond donors (Lipinski definition) is 2. The highest BCUT2D eigenvalue weighted by atomic mass is 16.3. The van der Waals surface area contributed by atoms with E-state index in [0.29, 0.717) is 12.6 Å². The summed E-state index contributed by atoms with van der Waals surface area (Å²) in [4.78, 5) is 0. The number of para-hydroxylation sites is 1. The number of nitrogens with zero attached hydrogens (tertiary/aromatic N) is 1. The Morgan fingerprint density at radius 1 is 0.957 bits per heavy atom. The third kappa shape index (κ3) is 3.46. The summed E-state index contributed by atoms with van der Waals surface area (Å²) in [5.74, 6) is 0. The van der Waals surface area contributed by atoms with Crippen molar-refractivity contribution in [1.82, 2.24) is 9.88 Å². The molecular formula is C20H24N2O. The van der Waals surface area contributed by atoms with Crippen LogP contribution in [0.2, 0.25) is 0 Å².